The van der Waals surface area contributed by atoms with Gasteiger partial charge in [0.25, 0.3) is 0 Å². The van der Waals surface area contributed by atoms with E-state index in [9.17, 15) is 57.1 Å². The van der Waals surface area contributed by atoms with Crippen molar-refractivity contribution >= 4 is 6.61 Å². The molecule has 0 amide bonds. The Hall–Kier alpha value is -2.16. The Bertz CT molecular complexity index is 590. The fraction of sp³-hybridized carbons (Fsp3) is 0.909. The zero-order valence-corrected chi connectivity index (χ0v) is 15.9. The summed E-state index contributed by atoms with van der Waals surface area (Å²) in [6.07, 6.45) is -10.5. The van der Waals surface area contributed by atoms with Gasteiger partial charge in [-0.05, 0) is 0 Å². The number of nitrogens with zero attached hydrogens (tertiary/aromatic N) is 1. The molecule has 2 atom stereocenters. The molecule has 1 saturated heterocycles. The van der Waals surface area contributed by atoms with Crippen molar-refractivity contribution in [2.45, 2.75) is 56.2 Å². The number of hydrogen-bond acceptors (Lipinski definition) is 3. The predicted octanol–water partition coefficient (Wildman–Crippen LogP) is 4.48. The molecule has 17 heteroatoms. The number of halogens is 13. The average molecular weight is 685 g/mol. The molecule has 2 unspecified atom stereocenters. The van der Waals surface area contributed by atoms with E-state index < -0.39 is 60.9 Å². The second-order valence-corrected chi connectivity index (χ2v) is 8.40. The first-order valence-corrected chi connectivity index (χ1v) is 9.05. The minimum absolute atomic E-state index is 0.248. The van der Waals surface area contributed by atoms with Gasteiger partial charge in [0.15, 0.2) is 0 Å². The molecule has 0 aliphatic carbocycles. The Morgan fingerprint density at radius 2 is 1.32 bits per heavy atom. The van der Waals surface area contributed by atoms with Crippen LogP contribution in [0.25, 0.3) is 0 Å². The number of morpholine rings is 1. The third kappa shape index (κ3) is 3.99. The summed E-state index contributed by atoms with van der Waals surface area (Å²) < 4.78 is 174. The number of alkyl halides is 13. The summed E-state index contributed by atoms with van der Waals surface area (Å²) in [4.78, 5) is 0. The maximum atomic E-state index is 13.9. The van der Waals surface area contributed by atoms with Crippen molar-refractivity contribution in [1.82, 2.24) is 5.32 Å². The van der Waals surface area contributed by atoms with E-state index in [1.165, 1.54) is 0 Å². The first kappa shape index (κ1) is 23.9. The minimum atomic E-state index is -5.95. The molecule has 1 aliphatic heterocycles. The van der Waals surface area contributed by atoms with E-state index in [0.29, 0.717) is 0 Å². The van der Waals surface area contributed by atoms with Crippen LogP contribution in [-0.2, 0) is 9.47 Å². The molecule has 1 aliphatic rings. The SMILES string of the molecule is CC1(F)OC(C)(F)C(F)(F)[N](/[Cf]=[C](\OCC(F)(F)C(F)F)C(F)(F)F)C1(F)F. The van der Waals surface area contributed by atoms with Gasteiger partial charge in [0.1, 0.15) is 0 Å². The van der Waals surface area contributed by atoms with Crippen molar-refractivity contribution in [2.75, 3.05) is 6.61 Å². The summed E-state index contributed by atoms with van der Waals surface area (Å²) in [7, 11) is 0. The van der Waals surface area contributed by atoms with Crippen LogP contribution < -0.4 is 0 Å². The van der Waals surface area contributed by atoms with Crippen molar-refractivity contribution in [3.63, 3.8) is 0 Å². The topological polar surface area (TPSA) is 21.7 Å². The van der Waals surface area contributed by atoms with E-state index in [0.717, 1.165) is 0 Å². The summed E-state index contributed by atoms with van der Waals surface area (Å²) in [5, 5.41) is -1.80. The number of ether oxygens (including phenoxy) is 2. The second-order valence-electron chi connectivity index (χ2n) is 5.44. The molecule has 1 rings (SSSR count). The van der Waals surface area contributed by atoms with Crippen LogP contribution in [0.4, 0.5) is 57.1 Å². The van der Waals surface area contributed by atoms with E-state index in [1.807, 2.05) is 0 Å². The molecule has 3 nitrogen and oxygen atoms in total. The van der Waals surface area contributed by atoms with Gasteiger partial charge < -0.3 is 0 Å². The van der Waals surface area contributed by atoms with Crippen molar-refractivity contribution < 1.29 is 66.5 Å². The summed E-state index contributed by atoms with van der Waals surface area (Å²) >= 11 is 0. The van der Waals surface area contributed by atoms with Crippen LogP contribution in [0, 0.1) is 0 Å². The van der Waals surface area contributed by atoms with Gasteiger partial charge in [0, 0.05) is 0 Å². The fourth-order valence-corrected chi connectivity index (χ4v) is 4.52. The molecule has 28 heavy (non-hydrogen) atoms. The summed E-state index contributed by atoms with van der Waals surface area (Å²) in [6, 6.07) is -11.1. The van der Waals surface area contributed by atoms with Gasteiger partial charge in [-0.2, -0.15) is 0 Å². The number of rotatable bonds is 5. The Kier molecular flexibility index (Phi) is 5.49. The third-order valence-corrected chi connectivity index (χ3v) is 6.69. The van der Waals surface area contributed by atoms with Gasteiger partial charge in [-0.3, -0.25) is 0 Å². The Balaban J connectivity index is 3.48. The summed E-state index contributed by atoms with van der Waals surface area (Å²) in [5.41, 5.74) is 0. The molecule has 0 N–H and O–H groups in total. The van der Waals surface area contributed by atoms with Crippen molar-refractivity contribution in [1.29, 1.82) is 0 Å². The van der Waals surface area contributed by atoms with E-state index in [2.05, 4.69) is 9.47 Å². The van der Waals surface area contributed by atoms with Gasteiger partial charge in [-0.25, -0.2) is 0 Å². The zero-order chi connectivity index (χ0) is 22.6. The Morgan fingerprint density at radius 1 is 0.929 bits per heavy atom. The molecule has 0 saturated carbocycles. The Labute approximate surface area is 142 Å². The van der Waals surface area contributed by atoms with Gasteiger partial charge in [-0.1, -0.05) is 0 Å². The van der Waals surface area contributed by atoms with E-state index >= 15 is 0 Å². The van der Waals surface area contributed by atoms with Crippen LogP contribution in [0.1, 0.15) is 13.8 Å². The van der Waals surface area contributed by atoms with Crippen LogP contribution >= 0.6 is 0 Å². The van der Waals surface area contributed by atoms with Crippen LogP contribution in [0.3, 0.4) is 0 Å². The van der Waals surface area contributed by atoms with E-state index in [4.69, 9.17) is 0 Å². The molecule has 0 aromatic carbocycles. The van der Waals surface area contributed by atoms with Crippen molar-refractivity contribution in [3.05, 3.63) is 0 Å². The van der Waals surface area contributed by atoms with Gasteiger partial charge in [0.05, 0.1) is 0 Å². The third-order valence-electron chi connectivity index (χ3n) is 2.96. The van der Waals surface area contributed by atoms with Crippen molar-refractivity contribution in [2.24, 2.45) is 0 Å². The van der Waals surface area contributed by atoms with Crippen LogP contribution in [0.2, 0.25) is 0 Å². The molecular weight excluding hydrogens is 676 g/mol. The monoisotopic (exact) mass is 683 g/mol. The second kappa shape index (κ2) is 6.43. The molecular formula is C11H9CfF13NO2. The average Bonchev–Trinajstić information content (AvgIpc) is 2.42. The molecule has 0 bridgehead atoms. The van der Waals surface area contributed by atoms with Gasteiger partial charge in [-0.15, -0.1) is 0 Å². The first-order valence-electron chi connectivity index (χ1n) is 6.56. The Morgan fingerprint density at radius 3 is 1.64 bits per heavy atom. The number of hydrogen-bond donors (Lipinski definition) is 0. The van der Waals surface area contributed by atoms with Crippen LogP contribution in [-0.4, -0.2) is 60.9 Å². The van der Waals surface area contributed by atoms with Gasteiger partial charge in [0.2, 0.25) is 0 Å². The molecule has 1 heterocycles. The standard InChI is InChI=1S/C6H6F6NO.C5H3F7O.Cf/c1-3(7)5(9,10)13-6(11,12)4(2,8)14-3;6-3(7)4(8,9)1-13-2-5(10,11)12;/h1-2H3;3H,1H2;/q-1;;+1. The predicted molar refractivity (Wildman–Crippen MR) is 59.8 cm³/mol. The molecule has 0 aromatic rings. The quantitative estimate of drug-likeness (QED) is 0.315. The molecule has 1 fully saturated rings. The fourth-order valence-electron chi connectivity index (χ4n) is 1.50. The molecule has 171 valence electrons. The maximum absolute atomic E-state index is 13.9. The molecule has 0 radical (unpaired) electrons. The first-order chi connectivity index (χ1) is 12.1. The van der Waals surface area contributed by atoms with Crippen LogP contribution in [0.15, 0.2) is 0 Å². The van der Waals surface area contributed by atoms with Crippen LogP contribution in [0.5, 0.6) is 0 Å². The molecule has 0 aromatic heterocycles. The van der Waals surface area contributed by atoms with Gasteiger partial charge >= 0.3 is 141 Å². The molecule has 0 spiro atoms. The van der Waals surface area contributed by atoms with E-state index in [1.54, 1.807) is 0 Å². The van der Waals surface area contributed by atoms with Crippen molar-refractivity contribution in [3.8, 4) is 0 Å². The van der Waals surface area contributed by atoms with E-state index in [-0.39, 0.29) is 13.8 Å². The normalized spacial score (nSPS) is 31.8. The zero-order valence-electron chi connectivity index (χ0n) is 13.3. The summed E-state index contributed by atoms with van der Waals surface area (Å²) in [6.45, 7) is -5.99. The summed E-state index contributed by atoms with van der Waals surface area (Å²) in [5.74, 6) is -14.3.